The molecule has 2 fully saturated rings. The Labute approximate surface area is 194 Å². The zero-order valence-corrected chi connectivity index (χ0v) is 19.4. The van der Waals surface area contributed by atoms with Gasteiger partial charge in [0.1, 0.15) is 12.4 Å². The van der Waals surface area contributed by atoms with Crippen molar-refractivity contribution in [3.63, 3.8) is 0 Å². The molecule has 0 unspecified atom stereocenters. The molecule has 0 spiro atoms. The van der Waals surface area contributed by atoms with Crippen LogP contribution in [0, 0.1) is 5.92 Å². The summed E-state index contributed by atoms with van der Waals surface area (Å²) in [6.07, 6.45) is 1.88. The number of amides is 1. The Morgan fingerprint density at radius 1 is 0.970 bits per heavy atom. The number of ether oxygens (including phenoxy) is 2. The number of carbonyl (C=O) groups excluding carboxylic acids is 1. The number of hydrogen-bond donors (Lipinski definition) is 0. The molecule has 176 valence electrons. The van der Waals surface area contributed by atoms with E-state index in [1.807, 2.05) is 53.4 Å². The van der Waals surface area contributed by atoms with Crippen LogP contribution in [0.3, 0.4) is 0 Å². The Hall–Kier alpha value is -2.46. The Morgan fingerprint density at radius 3 is 2.42 bits per heavy atom. The van der Waals surface area contributed by atoms with Crippen LogP contribution in [0.5, 0.6) is 5.75 Å². The number of nitrogens with zero attached hydrogens (tertiary/aromatic N) is 3. The molecule has 2 heterocycles. The molecule has 0 aromatic heterocycles. The van der Waals surface area contributed by atoms with Crippen LogP contribution in [0.4, 0.5) is 5.69 Å². The van der Waals surface area contributed by atoms with Gasteiger partial charge in [-0.15, -0.1) is 0 Å². The Morgan fingerprint density at radius 2 is 1.70 bits per heavy atom. The minimum Gasteiger partial charge on any atom is -0.492 e. The van der Waals surface area contributed by atoms with E-state index < -0.39 is 10.2 Å². The summed E-state index contributed by atoms with van der Waals surface area (Å²) in [6.45, 7) is 2.81. The van der Waals surface area contributed by atoms with Crippen LogP contribution in [0.25, 0.3) is 0 Å². The molecule has 33 heavy (non-hydrogen) atoms. The summed E-state index contributed by atoms with van der Waals surface area (Å²) in [4.78, 5) is 14.8. The van der Waals surface area contributed by atoms with Crippen LogP contribution in [-0.4, -0.2) is 62.4 Å². The maximum atomic E-state index is 13.2. The van der Waals surface area contributed by atoms with Crippen molar-refractivity contribution in [2.24, 2.45) is 5.92 Å². The van der Waals surface area contributed by atoms with E-state index in [2.05, 4.69) is 0 Å². The third-order valence-corrected chi connectivity index (χ3v) is 8.28. The Balaban J connectivity index is 1.39. The largest absolute Gasteiger partial charge is 0.492 e. The maximum absolute atomic E-state index is 13.2. The van der Waals surface area contributed by atoms with Crippen molar-refractivity contribution in [2.45, 2.75) is 25.9 Å². The van der Waals surface area contributed by atoms with Crippen molar-refractivity contribution in [3.05, 3.63) is 59.7 Å². The van der Waals surface area contributed by atoms with Crippen molar-refractivity contribution in [1.82, 2.24) is 8.61 Å². The fraction of sp³-hybridized carbons (Fsp3) is 0.458. The monoisotopic (exact) mass is 471 g/mol. The van der Waals surface area contributed by atoms with E-state index in [4.69, 9.17) is 9.47 Å². The van der Waals surface area contributed by atoms with E-state index in [9.17, 15) is 13.2 Å². The molecule has 1 saturated carbocycles. The first kappa shape index (κ1) is 22.3. The van der Waals surface area contributed by atoms with Gasteiger partial charge in [0.15, 0.2) is 0 Å². The predicted octanol–water partition coefficient (Wildman–Crippen LogP) is 2.40. The van der Waals surface area contributed by atoms with E-state index in [1.54, 1.807) is 0 Å². The third-order valence-electron chi connectivity index (χ3n) is 6.29. The van der Waals surface area contributed by atoms with Crippen molar-refractivity contribution in [1.29, 1.82) is 0 Å². The number of hydrogen-bond acceptors (Lipinski definition) is 5. The summed E-state index contributed by atoms with van der Waals surface area (Å²) >= 11 is 0. The molecule has 0 bridgehead atoms. The lowest BCUT2D eigenvalue weighted by Crippen LogP contribution is -2.48. The molecule has 1 saturated heterocycles. The van der Waals surface area contributed by atoms with Gasteiger partial charge in [-0.3, -0.25) is 4.79 Å². The van der Waals surface area contributed by atoms with Crippen molar-refractivity contribution < 1.29 is 22.7 Å². The Bertz CT molecular complexity index is 1100. The molecule has 2 aliphatic heterocycles. The first-order valence-electron chi connectivity index (χ1n) is 11.5. The highest BCUT2D eigenvalue weighted by Gasteiger charge is 2.35. The second-order valence-electron chi connectivity index (χ2n) is 8.68. The van der Waals surface area contributed by atoms with Gasteiger partial charge in [0, 0.05) is 43.3 Å². The molecule has 1 aliphatic carbocycles. The molecule has 8 nitrogen and oxygen atoms in total. The lowest BCUT2D eigenvalue weighted by atomic mass is 10.1. The fourth-order valence-electron chi connectivity index (χ4n) is 4.30. The second kappa shape index (κ2) is 9.42. The smallest absolute Gasteiger partial charge is 0.282 e. The number of morpholine rings is 1. The highest BCUT2D eigenvalue weighted by molar-refractivity contribution is 7.86. The Kier molecular flexibility index (Phi) is 6.38. The standard InChI is InChI=1S/C24H29N3O5S/c28-24(20-7-8-20)27(22-4-2-1-3-5-22)17-19-6-9-23-21(16-19)18-26(12-15-32-23)33(29,30)25-10-13-31-14-11-25/h1-6,9,16,20H,7-8,10-15,17-18H2. The molecular formula is C24H29N3O5S. The lowest BCUT2D eigenvalue weighted by Gasteiger charge is -2.31. The van der Waals surface area contributed by atoms with Crippen molar-refractivity contribution >= 4 is 21.8 Å². The average Bonchev–Trinajstić information content (AvgIpc) is 3.70. The molecule has 1 amide bonds. The van der Waals surface area contributed by atoms with Gasteiger partial charge in [-0.1, -0.05) is 24.3 Å². The lowest BCUT2D eigenvalue weighted by molar-refractivity contribution is -0.119. The van der Waals surface area contributed by atoms with E-state index in [0.29, 0.717) is 51.7 Å². The summed E-state index contributed by atoms with van der Waals surface area (Å²) in [7, 11) is -3.60. The number of carbonyl (C=O) groups is 1. The summed E-state index contributed by atoms with van der Waals surface area (Å²) in [5.74, 6) is 0.936. The summed E-state index contributed by atoms with van der Waals surface area (Å²) in [5.41, 5.74) is 2.63. The highest BCUT2D eigenvalue weighted by atomic mass is 32.2. The molecule has 2 aromatic carbocycles. The third kappa shape index (κ3) is 4.91. The van der Waals surface area contributed by atoms with Crippen LogP contribution < -0.4 is 9.64 Å². The van der Waals surface area contributed by atoms with Crippen LogP contribution in [-0.2, 0) is 32.8 Å². The van der Waals surface area contributed by atoms with E-state index in [0.717, 1.165) is 29.7 Å². The summed E-state index contributed by atoms with van der Waals surface area (Å²) in [5, 5.41) is 0. The number of fused-ring (bicyclic) bond motifs is 1. The van der Waals surface area contributed by atoms with Crippen molar-refractivity contribution in [2.75, 3.05) is 44.4 Å². The van der Waals surface area contributed by atoms with Gasteiger partial charge in [0.05, 0.1) is 19.8 Å². The molecule has 5 rings (SSSR count). The topological polar surface area (TPSA) is 79.4 Å². The van der Waals surface area contributed by atoms with Crippen LogP contribution >= 0.6 is 0 Å². The normalized spacial score (nSPS) is 19.9. The van der Waals surface area contributed by atoms with Gasteiger partial charge in [0.2, 0.25) is 5.91 Å². The first-order valence-corrected chi connectivity index (χ1v) is 12.9. The van der Waals surface area contributed by atoms with E-state index >= 15 is 0 Å². The minimum absolute atomic E-state index is 0.100. The fourth-order valence-corrected chi connectivity index (χ4v) is 5.84. The van der Waals surface area contributed by atoms with Gasteiger partial charge in [-0.25, -0.2) is 0 Å². The van der Waals surface area contributed by atoms with Gasteiger partial charge in [0.25, 0.3) is 10.2 Å². The van der Waals surface area contributed by atoms with E-state index in [1.165, 1.54) is 8.61 Å². The van der Waals surface area contributed by atoms with Gasteiger partial charge >= 0.3 is 0 Å². The molecular weight excluding hydrogens is 442 g/mol. The van der Waals surface area contributed by atoms with Crippen LogP contribution in [0.15, 0.2) is 48.5 Å². The number of rotatable bonds is 6. The minimum atomic E-state index is -3.60. The van der Waals surface area contributed by atoms with Crippen molar-refractivity contribution in [3.8, 4) is 5.75 Å². The SMILES string of the molecule is O=C(C1CC1)N(Cc1ccc2c(c1)CN(S(=O)(=O)N1CCOCC1)CCO2)c1ccccc1. The van der Waals surface area contributed by atoms with Gasteiger partial charge in [-0.05, 0) is 42.7 Å². The number of para-hydroxylation sites is 1. The van der Waals surface area contributed by atoms with Gasteiger partial charge in [-0.2, -0.15) is 17.0 Å². The molecule has 3 aliphatic rings. The summed E-state index contributed by atoms with van der Waals surface area (Å²) < 4.78 is 40.6. The molecule has 0 radical (unpaired) electrons. The highest BCUT2D eigenvalue weighted by Crippen LogP contribution is 2.34. The maximum Gasteiger partial charge on any atom is 0.282 e. The molecule has 9 heteroatoms. The second-order valence-corrected chi connectivity index (χ2v) is 10.6. The average molecular weight is 472 g/mol. The van der Waals surface area contributed by atoms with E-state index in [-0.39, 0.29) is 18.4 Å². The number of anilines is 1. The molecule has 0 N–H and O–H groups in total. The molecule has 0 atom stereocenters. The summed E-state index contributed by atoms with van der Waals surface area (Å²) in [6, 6.07) is 15.5. The zero-order chi connectivity index (χ0) is 22.8. The van der Waals surface area contributed by atoms with Gasteiger partial charge < -0.3 is 14.4 Å². The number of benzene rings is 2. The first-order chi connectivity index (χ1) is 16.0. The predicted molar refractivity (Wildman–Crippen MR) is 124 cm³/mol. The molecule has 2 aromatic rings. The van der Waals surface area contributed by atoms with Crippen LogP contribution in [0.1, 0.15) is 24.0 Å². The zero-order valence-electron chi connectivity index (χ0n) is 18.6. The van der Waals surface area contributed by atoms with Crippen LogP contribution in [0.2, 0.25) is 0 Å². The quantitative estimate of drug-likeness (QED) is 0.647.